The van der Waals surface area contributed by atoms with Crippen LogP contribution >= 0.6 is 11.3 Å². The van der Waals surface area contributed by atoms with E-state index in [9.17, 15) is 8.78 Å². The molecule has 0 unspecified atom stereocenters. The minimum absolute atomic E-state index is 0.157. The molecule has 1 aromatic heterocycles. The third kappa shape index (κ3) is 1.32. The van der Waals surface area contributed by atoms with Gasteiger partial charge >= 0.3 is 0 Å². The molecule has 0 atom stereocenters. The van der Waals surface area contributed by atoms with Crippen LogP contribution in [0.2, 0.25) is 0 Å². The summed E-state index contributed by atoms with van der Waals surface area (Å²) in [5.74, 6) is 0. The van der Waals surface area contributed by atoms with Crippen molar-refractivity contribution in [2.75, 3.05) is 0 Å². The van der Waals surface area contributed by atoms with E-state index in [1.807, 2.05) is 19.9 Å². The standard InChI is InChI=1S/C11H10F2S/c1-6-7(2)14-9-5-3-4-8(10(6)9)11(12)13/h3-5,11H,1-2H3. The first-order valence-corrected chi connectivity index (χ1v) is 5.19. The Morgan fingerprint density at radius 2 is 1.93 bits per heavy atom. The third-order valence-electron chi connectivity index (χ3n) is 2.46. The second-order valence-electron chi connectivity index (χ2n) is 3.30. The molecule has 2 rings (SSSR count). The number of fused-ring (bicyclic) bond motifs is 1. The van der Waals surface area contributed by atoms with Crippen LogP contribution in [0, 0.1) is 13.8 Å². The summed E-state index contributed by atoms with van der Waals surface area (Å²) < 4.78 is 26.3. The fourth-order valence-electron chi connectivity index (χ4n) is 1.63. The largest absolute Gasteiger partial charge is 0.264 e. The lowest BCUT2D eigenvalue weighted by molar-refractivity contribution is 0.153. The van der Waals surface area contributed by atoms with Crippen molar-refractivity contribution < 1.29 is 8.78 Å². The molecule has 0 amide bonds. The van der Waals surface area contributed by atoms with Gasteiger partial charge in [-0.1, -0.05) is 12.1 Å². The molecule has 0 N–H and O–H groups in total. The Labute approximate surface area is 85.2 Å². The summed E-state index contributed by atoms with van der Waals surface area (Å²) in [6.07, 6.45) is -2.38. The van der Waals surface area contributed by atoms with Gasteiger partial charge in [0.15, 0.2) is 0 Å². The summed E-state index contributed by atoms with van der Waals surface area (Å²) in [4.78, 5) is 1.12. The Morgan fingerprint density at radius 3 is 2.57 bits per heavy atom. The molecule has 0 saturated heterocycles. The molecule has 0 aliphatic rings. The molecule has 0 aliphatic heterocycles. The molecular weight excluding hydrogens is 202 g/mol. The van der Waals surface area contributed by atoms with Crippen LogP contribution in [0.5, 0.6) is 0 Å². The molecule has 0 fully saturated rings. The predicted octanol–water partition coefficient (Wildman–Crippen LogP) is 4.46. The molecule has 2 aromatic rings. The van der Waals surface area contributed by atoms with Crippen molar-refractivity contribution in [2.45, 2.75) is 20.3 Å². The van der Waals surface area contributed by atoms with Crippen LogP contribution < -0.4 is 0 Å². The summed E-state index contributed by atoms with van der Waals surface area (Å²) >= 11 is 1.58. The van der Waals surface area contributed by atoms with Crippen LogP contribution in [0.15, 0.2) is 18.2 Å². The molecule has 1 aromatic carbocycles. The lowest BCUT2D eigenvalue weighted by Crippen LogP contribution is -1.85. The van der Waals surface area contributed by atoms with Gasteiger partial charge < -0.3 is 0 Å². The van der Waals surface area contributed by atoms with Crippen LogP contribution in [0.1, 0.15) is 22.4 Å². The van der Waals surface area contributed by atoms with E-state index in [1.165, 1.54) is 6.07 Å². The Bertz CT molecular complexity index is 471. The van der Waals surface area contributed by atoms with Crippen LogP contribution in [-0.4, -0.2) is 0 Å². The maximum absolute atomic E-state index is 12.7. The summed E-state index contributed by atoms with van der Waals surface area (Å²) in [5.41, 5.74) is 1.14. The number of hydrogen-bond donors (Lipinski definition) is 0. The smallest absolute Gasteiger partial charge is 0.205 e. The van der Waals surface area contributed by atoms with E-state index in [1.54, 1.807) is 17.4 Å². The molecule has 14 heavy (non-hydrogen) atoms. The van der Waals surface area contributed by atoms with E-state index in [4.69, 9.17) is 0 Å². The number of alkyl halides is 2. The Balaban J connectivity index is 2.84. The second kappa shape index (κ2) is 3.31. The number of benzene rings is 1. The lowest BCUT2D eigenvalue weighted by Gasteiger charge is -2.02. The Hall–Kier alpha value is -0.960. The highest BCUT2D eigenvalue weighted by Crippen LogP contribution is 2.36. The molecule has 0 bridgehead atoms. The quantitative estimate of drug-likeness (QED) is 0.654. The van der Waals surface area contributed by atoms with Gasteiger partial charge in [0.1, 0.15) is 0 Å². The average Bonchev–Trinajstić information content (AvgIpc) is 2.43. The van der Waals surface area contributed by atoms with E-state index in [0.717, 1.165) is 20.5 Å². The van der Waals surface area contributed by atoms with Gasteiger partial charge in [0, 0.05) is 20.5 Å². The fraction of sp³-hybridized carbons (Fsp3) is 0.273. The lowest BCUT2D eigenvalue weighted by atomic mass is 10.1. The third-order valence-corrected chi connectivity index (χ3v) is 3.63. The molecular formula is C11H10F2S. The number of aryl methyl sites for hydroxylation is 2. The van der Waals surface area contributed by atoms with Crippen LogP contribution in [0.3, 0.4) is 0 Å². The van der Waals surface area contributed by atoms with E-state index >= 15 is 0 Å². The second-order valence-corrected chi connectivity index (χ2v) is 4.56. The Kier molecular flexibility index (Phi) is 2.27. The predicted molar refractivity (Wildman–Crippen MR) is 56.3 cm³/mol. The normalized spacial score (nSPS) is 11.5. The van der Waals surface area contributed by atoms with Crippen LogP contribution in [0.4, 0.5) is 8.78 Å². The van der Waals surface area contributed by atoms with Gasteiger partial charge in [-0.15, -0.1) is 11.3 Å². The molecule has 0 spiro atoms. The number of thiophene rings is 1. The first-order valence-electron chi connectivity index (χ1n) is 4.38. The van der Waals surface area contributed by atoms with Gasteiger partial charge in [-0.2, -0.15) is 0 Å². The summed E-state index contributed by atoms with van der Waals surface area (Å²) in [5, 5.41) is 0.741. The number of halogens is 2. The monoisotopic (exact) mass is 212 g/mol. The van der Waals surface area contributed by atoms with Crippen molar-refractivity contribution in [1.29, 1.82) is 0 Å². The molecule has 1 heterocycles. The first-order chi connectivity index (χ1) is 6.61. The highest BCUT2D eigenvalue weighted by molar-refractivity contribution is 7.19. The highest BCUT2D eigenvalue weighted by Gasteiger charge is 2.15. The van der Waals surface area contributed by atoms with Gasteiger partial charge in [-0.3, -0.25) is 0 Å². The molecule has 0 saturated carbocycles. The zero-order valence-corrected chi connectivity index (χ0v) is 8.79. The Morgan fingerprint density at radius 1 is 1.21 bits per heavy atom. The highest BCUT2D eigenvalue weighted by atomic mass is 32.1. The minimum atomic E-state index is -2.38. The minimum Gasteiger partial charge on any atom is -0.205 e. The fourth-order valence-corrected chi connectivity index (χ4v) is 2.74. The van der Waals surface area contributed by atoms with Crippen molar-refractivity contribution in [3.63, 3.8) is 0 Å². The van der Waals surface area contributed by atoms with Gasteiger partial charge in [-0.05, 0) is 25.5 Å². The molecule has 3 heteroatoms. The molecule has 0 aliphatic carbocycles. The van der Waals surface area contributed by atoms with E-state index in [0.29, 0.717) is 0 Å². The van der Waals surface area contributed by atoms with E-state index < -0.39 is 6.43 Å². The first kappa shape index (κ1) is 9.59. The number of rotatable bonds is 1. The maximum atomic E-state index is 12.7. The van der Waals surface area contributed by atoms with Crippen molar-refractivity contribution in [2.24, 2.45) is 0 Å². The number of hydrogen-bond acceptors (Lipinski definition) is 1. The van der Waals surface area contributed by atoms with E-state index in [-0.39, 0.29) is 5.56 Å². The topological polar surface area (TPSA) is 0 Å². The van der Waals surface area contributed by atoms with Crippen molar-refractivity contribution in [3.8, 4) is 0 Å². The van der Waals surface area contributed by atoms with E-state index in [2.05, 4.69) is 0 Å². The van der Waals surface area contributed by atoms with Crippen molar-refractivity contribution >= 4 is 21.4 Å². The van der Waals surface area contributed by atoms with Gasteiger partial charge in [-0.25, -0.2) is 8.78 Å². The molecule has 0 nitrogen and oxygen atoms in total. The zero-order valence-electron chi connectivity index (χ0n) is 7.97. The average molecular weight is 212 g/mol. The summed E-state index contributed by atoms with van der Waals surface area (Å²) in [6.45, 7) is 3.87. The van der Waals surface area contributed by atoms with Gasteiger partial charge in [0.2, 0.25) is 0 Å². The van der Waals surface area contributed by atoms with Gasteiger partial charge in [0.25, 0.3) is 6.43 Å². The van der Waals surface area contributed by atoms with Crippen molar-refractivity contribution in [3.05, 3.63) is 34.2 Å². The SMILES string of the molecule is Cc1sc2cccc(C(F)F)c2c1C. The van der Waals surface area contributed by atoms with Gasteiger partial charge in [0.05, 0.1) is 0 Å². The zero-order chi connectivity index (χ0) is 10.3. The molecule has 74 valence electrons. The maximum Gasteiger partial charge on any atom is 0.264 e. The van der Waals surface area contributed by atoms with Crippen LogP contribution in [-0.2, 0) is 0 Å². The molecule has 0 radical (unpaired) electrons. The summed E-state index contributed by atoms with van der Waals surface area (Å²) in [6, 6.07) is 5.09. The summed E-state index contributed by atoms with van der Waals surface area (Å²) in [7, 11) is 0. The van der Waals surface area contributed by atoms with Crippen LogP contribution in [0.25, 0.3) is 10.1 Å². The van der Waals surface area contributed by atoms with Crippen molar-refractivity contribution in [1.82, 2.24) is 0 Å².